The van der Waals surface area contributed by atoms with Crippen molar-refractivity contribution in [2.24, 2.45) is 0 Å². The van der Waals surface area contributed by atoms with Gasteiger partial charge in [-0.25, -0.2) is 0 Å². The number of carbonyl (C=O) groups is 1. The largest absolute Gasteiger partial charge is 0.391 e. The molecule has 1 N–H and O–H groups in total. The molecule has 2 atom stereocenters. The van der Waals surface area contributed by atoms with E-state index in [0.29, 0.717) is 6.54 Å². The van der Waals surface area contributed by atoms with Crippen molar-refractivity contribution in [3.05, 3.63) is 22.4 Å². The quantitative estimate of drug-likeness (QED) is 0.855. The number of piperidine rings is 1. The van der Waals surface area contributed by atoms with Crippen LogP contribution < -0.4 is 0 Å². The first-order valence-electron chi connectivity index (χ1n) is 5.67. The number of nitrogens with zero attached hydrogens (tertiary/aromatic N) is 1. The maximum atomic E-state index is 12.2. The van der Waals surface area contributed by atoms with E-state index in [-0.39, 0.29) is 17.9 Å². The molecule has 0 aliphatic carbocycles. The van der Waals surface area contributed by atoms with E-state index in [4.69, 9.17) is 0 Å². The van der Waals surface area contributed by atoms with Crippen molar-refractivity contribution >= 4 is 17.2 Å². The summed E-state index contributed by atoms with van der Waals surface area (Å²) in [7, 11) is 0. The second-order valence-corrected chi connectivity index (χ2v) is 5.14. The lowest BCUT2D eigenvalue weighted by molar-refractivity contribution is -0.135. The molecule has 1 aromatic rings. The van der Waals surface area contributed by atoms with E-state index in [2.05, 4.69) is 0 Å². The Kier molecular flexibility index (Phi) is 3.61. The number of carbonyl (C=O) groups excluding carboxylic acids is 1. The standard InChI is InChI=1S/C12H17NO2S/c1-9(10-4-6-16-8-10)12(15)13-5-2-3-11(14)7-13/h4,6,8-9,11,14H,2-3,5,7H2,1H3. The van der Waals surface area contributed by atoms with Crippen LogP contribution in [0.1, 0.15) is 31.2 Å². The molecular weight excluding hydrogens is 222 g/mol. The highest BCUT2D eigenvalue weighted by molar-refractivity contribution is 7.08. The molecule has 1 saturated heterocycles. The fourth-order valence-electron chi connectivity index (χ4n) is 2.09. The summed E-state index contributed by atoms with van der Waals surface area (Å²) >= 11 is 1.61. The minimum Gasteiger partial charge on any atom is -0.391 e. The van der Waals surface area contributed by atoms with E-state index < -0.39 is 0 Å². The third kappa shape index (κ3) is 2.44. The van der Waals surface area contributed by atoms with Crippen molar-refractivity contribution in [1.82, 2.24) is 4.90 Å². The zero-order valence-electron chi connectivity index (χ0n) is 9.43. The van der Waals surface area contributed by atoms with Crippen molar-refractivity contribution in [3.63, 3.8) is 0 Å². The van der Waals surface area contributed by atoms with Gasteiger partial charge in [-0.05, 0) is 42.2 Å². The van der Waals surface area contributed by atoms with Gasteiger partial charge in [-0.2, -0.15) is 11.3 Å². The van der Waals surface area contributed by atoms with Crippen LogP contribution in [0.5, 0.6) is 0 Å². The highest BCUT2D eigenvalue weighted by Crippen LogP contribution is 2.22. The molecule has 1 aliphatic heterocycles. The van der Waals surface area contributed by atoms with Crippen LogP contribution >= 0.6 is 11.3 Å². The Morgan fingerprint density at radius 2 is 2.50 bits per heavy atom. The van der Waals surface area contributed by atoms with Crippen molar-refractivity contribution in [1.29, 1.82) is 0 Å². The molecule has 4 heteroatoms. The third-order valence-electron chi connectivity index (χ3n) is 3.12. The average molecular weight is 239 g/mol. The van der Waals surface area contributed by atoms with Crippen molar-refractivity contribution in [3.8, 4) is 0 Å². The summed E-state index contributed by atoms with van der Waals surface area (Å²) < 4.78 is 0. The Morgan fingerprint density at radius 1 is 1.69 bits per heavy atom. The van der Waals surface area contributed by atoms with Crippen LogP contribution in [0.2, 0.25) is 0 Å². The number of hydrogen-bond acceptors (Lipinski definition) is 3. The van der Waals surface area contributed by atoms with Crippen LogP contribution in [-0.2, 0) is 4.79 Å². The first-order valence-corrected chi connectivity index (χ1v) is 6.61. The van der Waals surface area contributed by atoms with Crippen LogP contribution in [-0.4, -0.2) is 35.1 Å². The summed E-state index contributed by atoms with van der Waals surface area (Å²) in [5, 5.41) is 13.6. The number of β-amino-alcohol motifs (C(OH)–C–C–N with tert-alkyl or cyclic N) is 1. The normalized spacial score (nSPS) is 23.1. The number of rotatable bonds is 2. The van der Waals surface area contributed by atoms with Crippen LogP contribution in [0.4, 0.5) is 0 Å². The van der Waals surface area contributed by atoms with Gasteiger partial charge in [0.15, 0.2) is 0 Å². The molecule has 16 heavy (non-hydrogen) atoms. The molecule has 2 heterocycles. The summed E-state index contributed by atoms with van der Waals surface area (Å²) in [6, 6.07) is 1.99. The summed E-state index contributed by atoms with van der Waals surface area (Å²) in [4.78, 5) is 13.9. The van der Waals surface area contributed by atoms with Crippen molar-refractivity contribution < 1.29 is 9.90 Å². The molecule has 1 aliphatic rings. The second kappa shape index (κ2) is 4.97. The minimum atomic E-state index is -0.340. The number of thiophene rings is 1. The average Bonchev–Trinajstić information content (AvgIpc) is 2.80. The van der Waals surface area contributed by atoms with E-state index in [0.717, 1.165) is 24.9 Å². The van der Waals surface area contributed by atoms with Crippen LogP contribution in [0.3, 0.4) is 0 Å². The Hall–Kier alpha value is -0.870. The molecule has 0 bridgehead atoms. The Morgan fingerprint density at radius 3 is 3.12 bits per heavy atom. The van der Waals surface area contributed by atoms with Gasteiger partial charge in [-0.15, -0.1) is 0 Å². The minimum absolute atomic E-state index is 0.0865. The van der Waals surface area contributed by atoms with Crippen LogP contribution in [0, 0.1) is 0 Å². The van der Waals surface area contributed by atoms with Gasteiger partial charge >= 0.3 is 0 Å². The van der Waals surface area contributed by atoms with Crippen LogP contribution in [0.15, 0.2) is 16.8 Å². The monoisotopic (exact) mass is 239 g/mol. The lowest BCUT2D eigenvalue weighted by Gasteiger charge is -2.32. The fourth-order valence-corrected chi connectivity index (χ4v) is 2.85. The first kappa shape index (κ1) is 11.6. The van der Waals surface area contributed by atoms with Gasteiger partial charge in [0.1, 0.15) is 0 Å². The van der Waals surface area contributed by atoms with Gasteiger partial charge in [-0.1, -0.05) is 0 Å². The highest BCUT2D eigenvalue weighted by atomic mass is 32.1. The van der Waals surface area contributed by atoms with Crippen LogP contribution in [0.25, 0.3) is 0 Å². The Labute approximate surface area is 99.7 Å². The third-order valence-corrected chi connectivity index (χ3v) is 3.82. The molecular formula is C12H17NO2S. The van der Waals surface area contributed by atoms with Crippen molar-refractivity contribution in [2.75, 3.05) is 13.1 Å². The summed E-state index contributed by atoms with van der Waals surface area (Å²) in [5.74, 6) is 0.0497. The zero-order chi connectivity index (χ0) is 11.5. The molecule has 0 saturated carbocycles. The number of amides is 1. The molecule has 0 spiro atoms. The van der Waals surface area contributed by atoms with E-state index in [9.17, 15) is 9.90 Å². The molecule has 1 amide bonds. The van der Waals surface area contributed by atoms with Gasteiger partial charge in [0, 0.05) is 13.1 Å². The van der Waals surface area contributed by atoms with Gasteiger partial charge in [0.05, 0.1) is 12.0 Å². The van der Waals surface area contributed by atoms with Gasteiger partial charge in [0.2, 0.25) is 5.91 Å². The number of aliphatic hydroxyl groups is 1. The SMILES string of the molecule is CC(C(=O)N1CCCC(O)C1)c1ccsc1. The van der Waals surface area contributed by atoms with Gasteiger partial charge in [-0.3, -0.25) is 4.79 Å². The summed E-state index contributed by atoms with van der Waals surface area (Å²) in [6.45, 7) is 3.21. The second-order valence-electron chi connectivity index (χ2n) is 4.36. The van der Waals surface area contributed by atoms with E-state index >= 15 is 0 Å². The number of hydrogen-bond donors (Lipinski definition) is 1. The summed E-state index contributed by atoms with van der Waals surface area (Å²) in [5.41, 5.74) is 1.08. The number of aliphatic hydroxyl groups excluding tert-OH is 1. The van der Waals surface area contributed by atoms with Gasteiger partial charge < -0.3 is 10.0 Å². The van der Waals surface area contributed by atoms with Gasteiger partial charge in [0.25, 0.3) is 0 Å². The Balaban J connectivity index is 2.01. The predicted molar refractivity (Wildman–Crippen MR) is 64.6 cm³/mol. The molecule has 2 unspecified atom stereocenters. The van der Waals surface area contributed by atoms with E-state index in [1.807, 2.05) is 23.8 Å². The molecule has 0 aromatic carbocycles. The van der Waals surface area contributed by atoms with Crippen molar-refractivity contribution in [2.45, 2.75) is 31.8 Å². The first-order chi connectivity index (χ1) is 7.68. The molecule has 2 rings (SSSR count). The maximum absolute atomic E-state index is 12.2. The van der Waals surface area contributed by atoms with E-state index in [1.165, 1.54) is 0 Å². The Bertz CT molecular complexity index is 350. The molecule has 0 radical (unpaired) electrons. The summed E-state index contributed by atoms with van der Waals surface area (Å²) in [6.07, 6.45) is 1.38. The predicted octanol–water partition coefficient (Wildman–Crippen LogP) is 1.83. The highest BCUT2D eigenvalue weighted by Gasteiger charge is 2.26. The topological polar surface area (TPSA) is 40.5 Å². The maximum Gasteiger partial charge on any atom is 0.229 e. The lowest BCUT2D eigenvalue weighted by Crippen LogP contribution is -2.43. The lowest BCUT2D eigenvalue weighted by atomic mass is 10.0. The number of likely N-dealkylation sites (tertiary alicyclic amines) is 1. The fraction of sp³-hybridized carbons (Fsp3) is 0.583. The zero-order valence-corrected chi connectivity index (χ0v) is 10.2. The molecule has 3 nitrogen and oxygen atoms in total. The molecule has 1 aromatic heterocycles. The smallest absolute Gasteiger partial charge is 0.229 e. The molecule has 1 fully saturated rings. The molecule has 88 valence electrons. The van der Waals surface area contributed by atoms with E-state index in [1.54, 1.807) is 16.2 Å².